The number of nitrogens with zero attached hydrogens (tertiary/aromatic N) is 1. The first-order valence-electron chi connectivity index (χ1n) is 5.48. The third-order valence-corrected chi connectivity index (χ3v) is 3.02. The molecular formula is C11H19N3O3. The maximum atomic E-state index is 12.0. The van der Waals surface area contributed by atoms with Crippen LogP contribution in [0.5, 0.6) is 0 Å². The number of hydrogen-bond acceptors (Lipinski definition) is 4. The number of amides is 3. The first-order chi connectivity index (χ1) is 7.62. The second-order valence-corrected chi connectivity index (χ2v) is 5.70. The largest absolute Gasteiger partial charge is 0.294 e. The van der Waals surface area contributed by atoms with Gasteiger partial charge in [0, 0.05) is 13.0 Å². The van der Waals surface area contributed by atoms with Crippen LogP contribution in [0.2, 0.25) is 0 Å². The molecule has 1 heterocycles. The summed E-state index contributed by atoms with van der Waals surface area (Å²) in [4.78, 5) is 36.4. The molecule has 3 N–H and O–H groups in total. The van der Waals surface area contributed by atoms with Crippen LogP contribution in [0.15, 0.2) is 0 Å². The van der Waals surface area contributed by atoms with Gasteiger partial charge in [0.25, 0.3) is 0 Å². The molecule has 0 atom stereocenters. The minimum atomic E-state index is -0.888. The third-order valence-electron chi connectivity index (χ3n) is 3.02. The molecular weight excluding hydrogens is 222 g/mol. The first-order valence-corrected chi connectivity index (χ1v) is 5.48. The van der Waals surface area contributed by atoms with E-state index in [1.165, 1.54) is 0 Å². The molecule has 0 aromatic rings. The van der Waals surface area contributed by atoms with Crippen LogP contribution in [0.4, 0.5) is 0 Å². The quantitative estimate of drug-likeness (QED) is 0.309. The van der Waals surface area contributed by atoms with Crippen LogP contribution < -0.4 is 11.3 Å². The van der Waals surface area contributed by atoms with Crippen molar-refractivity contribution in [2.24, 2.45) is 16.7 Å². The van der Waals surface area contributed by atoms with Crippen LogP contribution >= 0.6 is 0 Å². The fraction of sp³-hybridized carbons (Fsp3) is 0.727. The highest BCUT2D eigenvalue weighted by Gasteiger charge is 2.47. The molecule has 6 nitrogen and oxygen atoms in total. The number of nitrogens with one attached hydrogen (secondary N) is 1. The predicted octanol–water partition coefficient (Wildman–Crippen LogP) is -0.212. The molecule has 0 aromatic carbocycles. The summed E-state index contributed by atoms with van der Waals surface area (Å²) in [5.41, 5.74) is 0.479. The topological polar surface area (TPSA) is 92.5 Å². The van der Waals surface area contributed by atoms with Crippen molar-refractivity contribution in [3.8, 4) is 0 Å². The molecule has 1 aliphatic rings. The molecule has 0 aliphatic carbocycles. The van der Waals surface area contributed by atoms with Crippen LogP contribution in [0, 0.1) is 10.8 Å². The summed E-state index contributed by atoms with van der Waals surface area (Å²) < 4.78 is 0. The van der Waals surface area contributed by atoms with Crippen LogP contribution in [0.1, 0.15) is 34.1 Å². The Morgan fingerprint density at radius 1 is 1.47 bits per heavy atom. The minimum absolute atomic E-state index is 0.0527. The zero-order valence-electron chi connectivity index (χ0n) is 10.7. The molecule has 0 bridgehead atoms. The number of nitrogens with two attached hydrogens (primary N) is 1. The van der Waals surface area contributed by atoms with Crippen molar-refractivity contribution in [2.45, 2.75) is 34.1 Å². The van der Waals surface area contributed by atoms with Crippen LogP contribution in [-0.4, -0.2) is 29.2 Å². The lowest BCUT2D eigenvalue weighted by atomic mass is 9.90. The Balaban J connectivity index is 2.86. The van der Waals surface area contributed by atoms with Crippen LogP contribution in [0.25, 0.3) is 0 Å². The van der Waals surface area contributed by atoms with E-state index in [0.717, 1.165) is 4.90 Å². The fourth-order valence-electron chi connectivity index (χ4n) is 1.85. The fourth-order valence-corrected chi connectivity index (χ4v) is 1.85. The number of carbonyl (C=O) groups is 3. The highest BCUT2D eigenvalue weighted by molar-refractivity contribution is 6.05. The molecule has 0 radical (unpaired) electrons. The van der Waals surface area contributed by atoms with E-state index in [-0.39, 0.29) is 24.8 Å². The van der Waals surface area contributed by atoms with Gasteiger partial charge in [0.15, 0.2) is 0 Å². The van der Waals surface area contributed by atoms with Crippen molar-refractivity contribution < 1.29 is 14.4 Å². The van der Waals surface area contributed by atoms with Crippen molar-refractivity contribution in [2.75, 3.05) is 6.54 Å². The smallest absolute Gasteiger partial charge is 0.241 e. The minimum Gasteiger partial charge on any atom is -0.294 e. The lowest BCUT2D eigenvalue weighted by Crippen LogP contribution is -2.49. The molecule has 1 fully saturated rings. The molecule has 0 saturated carbocycles. The summed E-state index contributed by atoms with van der Waals surface area (Å²) >= 11 is 0. The van der Waals surface area contributed by atoms with Gasteiger partial charge in [0.05, 0.1) is 10.8 Å². The van der Waals surface area contributed by atoms with E-state index < -0.39 is 16.7 Å². The Labute approximate surface area is 100 Å². The Morgan fingerprint density at radius 2 is 2.00 bits per heavy atom. The summed E-state index contributed by atoms with van der Waals surface area (Å²) in [5, 5.41) is 0. The van der Waals surface area contributed by atoms with Crippen molar-refractivity contribution in [3.63, 3.8) is 0 Å². The van der Waals surface area contributed by atoms with Gasteiger partial charge in [0.1, 0.15) is 0 Å². The second kappa shape index (κ2) is 4.10. The van der Waals surface area contributed by atoms with E-state index in [1.807, 2.05) is 5.43 Å². The average Bonchev–Trinajstić information content (AvgIpc) is 2.39. The molecule has 0 spiro atoms. The average molecular weight is 241 g/mol. The molecule has 3 amide bonds. The van der Waals surface area contributed by atoms with Gasteiger partial charge in [-0.3, -0.25) is 24.7 Å². The van der Waals surface area contributed by atoms with Crippen LogP contribution in [-0.2, 0) is 14.4 Å². The SMILES string of the molecule is CC(C)(CN1C(=O)CC(C)(C)C1=O)C(=O)NN. The van der Waals surface area contributed by atoms with Gasteiger partial charge in [0.2, 0.25) is 17.7 Å². The Bertz CT molecular complexity index is 374. The summed E-state index contributed by atoms with van der Waals surface area (Å²) in [5.74, 6) is 4.19. The molecule has 1 aliphatic heterocycles. The van der Waals surface area contributed by atoms with Gasteiger partial charge in [-0.1, -0.05) is 13.8 Å². The summed E-state index contributed by atoms with van der Waals surface area (Å²) in [6, 6.07) is 0. The summed E-state index contributed by atoms with van der Waals surface area (Å²) in [6.07, 6.45) is 0.187. The molecule has 0 unspecified atom stereocenters. The second-order valence-electron chi connectivity index (χ2n) is 5.70. The van der Waals surface area contributed by atoms with Crippen molar-refractivity contribution in [3.05, 3.63) is 0 Å². The molecule has 6 heteroatoms. The van der Waals surface area contributed by atoms with Crippen molar-refractivity contribution in [1.82, 2.24) is 10.3 Å². The summed E-state index contributed by atoms with van der Waals surface area (Å²) in [6.45, 7) is 6.78. The van der Waals surface area contributed by atoms with E-state index >= 15 is 0 Å². The number of rotatable bonds is 3. The lowest BCUT2D eigenvalue weighted by molar-refractivity contribution is -0.144. The van der Waals surface area contributed by atoms with Crippen LogP contribution in [0.3, 0.4) is 0 Å². The van der Waals surface area contributed by atoms with E-state index in [1.54, 1.807) is 27.7 Å². The van der Waals surface area contributed by atoms with Crippen molar-refractivity contribution >= 4 is 17.7 Å². The number of likely N-dealkylation sites (tertiary alicyclic amines) is 1. The van der Waals surface area contributed by atoms with E-state index in [0.29, 0.717) is 0 Å². The maximum absolute atomic E-state index is 12.0. The van der Waals surface area contributed by atoms with Gasteiger partial charge in [-0.05, 0) is 13.8 Å². The van der Waals surface area contributed by atoms with Crippen molar-refractivity contribution in [1.29, 1.82) is 0 Å². The summed E-state index contributed by atoms with van der Waals surface area (Å²) in [7, 11) is 0. The Morgan fingerprint density at radius 3 is 2.35 bits per heavy atom. The highest BCUT2D eigenvalue weighted by Crippen LogP contribution is 2.33. The van der Waals surface area contributed by atoms with E-state index in [2.05, 4.69) is 0 Å². The Hall–Kier alpha value is -1.43. The first kappa shape index (κ1) is 13.6. The molecule has 96 valence electrons. The number of carbonyl (C=O) groups excluding carboxylic acids is 3. The van der Waals surface area contributed by atoms with E-state index in [9.17, 15) is 14.4 Å². The third kappa shape index (κ3) is 2.46. The van der Waals surface area contributed by atoms with Gasteiger partial charge >= 0.3 is 0 Å². The monoisotopic (exact) mass is 241 g/mol. The number of hydrazine groups is 1. The Kier molecular flexibility index (Phi) is 3.29. The van der Waals surface area contributed by atoms with Gasteiger partial charge in [-0.2, -0.15) is 0 Å². The van der Waals surface area contributed by atoms with Gasteiger partial charge in [-0.15, -0.1) is 0 Å². The number of hydrogen-bond donors (Lipinski definition) is 2. The zero-order valence-corrected chi connectivity index (χ0v) is 10.7. The van der Waals surface area contributed by atoms with Gasteiger partial charge in [-0.25, -0.2) is 5.84 Å². The molecule has 1 saturated heterocycles. The van der Waals surface area contributed by atoms with Gasteiger partial charge < -0.3 is 0 Å². The molecule has 17 heavy (non-hydrogen) atoms. The van der Waals surface area contributed by atoms with E-state index in [4.69, 9.17) is 5.84 Å². The normalized spacial score (nSPS) is 19.7. The standard InChI is InChI=1S/C11H19N3O3/c1-10(2)5-7(15)14(9(10)17)6-11(3,4)8(16)13-12/h5-6,12H2,1-4H3,(H,13,16). The predicted molar refractivity (Wildman–Crippen MR) is 61.2 cm³/mol. The highest BCUT2D eigenvalue weighted by atomic mass is 16.2. The maximum Gasteiger partial charge on any atom is 0.241 e. The zero-order chi connectivity index (χ0) is 13.4. The number of imide groups is 1. The molecule has 1 rings (SSSR count). The lowest BCUT2D eigenvalue weighted by Gasteiger charge is -2.28. The molecule has 0 aromatic heterocycles.